The number of pyridine rings is 3. The van der Waals surface area contributed by atoms with Gasteiger partial charge in [-0.25, -0.2) is 22.5 Å². The number of anilines is 2. The molecule has 4 fully saturated rings. The van der Waals surface area contributed by atoms with Crippen molar-refractivity contribution in [3.8, 4) is 29.1 Å². The number of sulfonamides is 1. The van der Waals surface area contributed by atoms with Crippen LogP contribution in [0.2, 0.25) is 0 Å². The lowest BCUT2D eigenvalue weighted by molar-refractivity contribution is -0.384. The van der Waals surface area contributed by atoms with Gasteiger partial charge >= 0.3 is 5.69 Å². The number of fused-ring (bicyclic) bond motifs is 1. The van der Waals surface area contributed by atoms with Crippen LogP contribution in [0.4, 0.5) is 21.6 Å². The Kier molecular flexibility index (Phi) is 15.5. The average molecular weight is 1090 g/mol. The number of methoxy groups -OCH3 is 3. The summed E-state index contributed by atoms with van der Waals surface area (Å²) in [4.78, 5) is 48.2. The molecule has 1 spiro atoms. The molecule has 2 aromatic carbocycles. The minimum absolute atomic E-state index is 0.0208. The van der Waals surface area contributed by atoms with Gasteiger partial charge in [-0.15, -0.1) is 0 Å². The van der Waals surface area contributed by atoms with Crippen LogP contribution in [0, 0.1) is 27.3 Å². The zero-order valence-electron chi connectivity index (χ0n) is 44.6. The highest BCUT2D eigenvalue weighted by molar-refractivity contribution is 7.90. The molecular formula is C56H67FN10O10S. The smallest absolute Gasteiger partial charge is 0.312 e. The number of piperazine rings is 1. The van der Waals surface area contributed by atoms with Crippen molar-refractivity contribution in [2.24, 2.45) is 11.3 Å². The standard InChI is InChI=1S/C56H67FN10O10S/c1-6-37-9-7-8-10-41(37)46-34-64(33-36-23-49(74-3)61-50(24-36)75-4)21-22-66(46)39-28-56(29-39)17-19-65(20-18-56)38-11-12-42(47(25-38)77-48-27-43-44(57)32-60-51(43)62-54(48)76-5)53(68)63-78(72,73)40-26-45(67(70)71)52(59-31-40)58-30-35-13-15-55(2,69)16-14-35/h7-12,23-27,31-32,35,39,46,69H,6,13-22,28-30,33-34H2,1-5H3,(H,58,59)(H,60,62)(H,63,68)/t35?,46-,55?/m0/s1. The van der Waals surface area contributed by atoms with E-state index in [0.29, 0.717) is 68.8 Å². The fraction of sp³-hybridized carbons (Fsp3) is 0.464. The number of rotatable bonds is 18. The first-order chi connectivity index (χ1) is 37.5. The second-order valence-corrected chi connectivity index (χ2v) is 23.2. The molecule has 4 N–H and O–H groups in total. The minimum atomic E-state index is -4.75. The number of halogens is 1. The van der Waals surface area contributed by atoms with Crippen molar-refractivity contribution in [2.45, 2.75) is 101 Å². The van der Waals surface area contributed by atoms with Crippen LogP contribution in [0.3, 0.4) is 0 Å². The SMILES string of the molecule is CCc1ccccc1[C@@H]1CN(Cc2cc(OC)nc(OC)c2)CCN1C1CC2(CCN(c3ccc(C(=O)NS(=O)(=O)c4cnc(NCC5CCC(C)(O)CC5)c([N+](=O)[O-])c4)c(Oc4cc5c(F)c[nH]c5nc4OC)c3)CC2)C1. The zero-order valence-corrected chi connectivity index (χ0v) is 45.4. The molecule has 1 atom stereocenters. The normalized spacial score (nSPS) is 21.0. The molecule has 78 heavy (non-hydrogen) atoms. The Balaban J connectivity index is 0.853. The molecule has 1 amide bonds. The Morgan fingerprint density at radius 2 is 1.67 bits per heavy atom. The number of H-pyrrole nitrogens is 1. The van der Waals surface area contributed by atoms with Gasteiger partial charge in [0.1, 0.15) is 22.1 Å². The number of nitro groups is 1. The third-order valence-corrected chi connectivity index (χ3v) is 17.7. The molecule has 414 valence electrons. The maximum absolute atomic E-state index is 14.9. The molecule has 2 saturated carbocycles. The summed E-state index contributed by atoms with van der Waals surface area (Å²) in [5.41, 5.74) is 3.35. The summed E-state index contributed by atoms with van der Waals surface area (Å²) in [6.07, 6.45) is 9.64. The van der Waals surface area contributed by atoms with E-state index in [9.17, 15) is 32.8 Å². The van der Waals surface area contributed by atoms with Crippen LogP contribution in [-0.4, -0.2) is 126 Å². The first-order valence-corrected chi connectivity index (χ1v) is 28.1. The molecule has 2 aliphatic heterocycles. The fourth-order valence-corrected chi connectivity index (χ4v) is 12.9. The third-order valence-electron chi connectivity index (χ3n) is 16.4. The van der Waals surface area contributed by atoms with Crippen molar-refractivity contribution < 1.29 is 46.6 Å². The lowest BCUT2D eigenvalue weighted by Crippen LogP contribution is -2.59. The third kappa shape index (κ3) is 11.5. The van der Waals surface area contributed by atoms with E-state index in [1.807, 2.05) is 12.1 Å². The van der Waals surface area contributed by atoms with Gasteiger partial charge in [0.15, 0.2) is 5.75 Å². The highest BCUT2D eigenvalue weighted by Gasteiger charge is 2.50. The maximum Gasteiger partial charge on any atom is 0.312 e. The summed E-state index contributed by atoms with van der Waals surface area (Å²) in [5, 5.41) is 25.7. The number of hydrogen-bond acceptors (Lipinski definition) is 17. The van der Waals surface area contributed by atoms with Gasteiger partial charge in [-0.1, -0.05) is 31.2 Å². The van der Waals surface area contributed by atoms with Crippen molar-refractivity contribution in [3.63, 3.8) is 0 Å². The molecule has 2 aliphatic carbocycles. The highest BCUT2D eigenvalue weighted by Crippen LogP contribution is 2.53. The summed E-state index contributed by atoms with van der Waals surface area (Å²) in [6, 6.07) is 20.5. The first kappa shape index (κ1) is 54.2. The molecule has 4 aliphatic rings. The topological polar surface area (TPSA) is 240 Å². The summed E-state index contributed by atoms with van der Waals surface area (Å²) in [7, 11) is -0.158. The van der Waals surface area contributed by atoms with Gasteiger partial charge in [-0.3, -0.25) is 24.7 Å². The molecule has 6 aromatic rings. The Morgan fingerprint density at radius 3 is 2.36 bits per heavy atom. The monoisotopic (exact) mass is 1090 g/mol. The number of carbonyl (C=O) groups is 1. The number of carbonyl (C=O) groups excluding carboxylic acids is 1. The van der Waals surface area contributed by atoms with Crippen LogP contribution in [-0.2, 0) is 23.0 Å². The lowest BCUT2D eigenvalue weighted by atomic mass is 9.59. The number of piperidine rings is 1. The Labute approximate surface area is 452 Å². The predicted octanol–water partition coefficient (Wildman–Crippen LogP) is 8.56. The largest absolute Gasteiger partial charge is 0.481 e. The molecule has 22 heteroatoms. The number of ether oxygens (including phenoxy) is 4. The van der Waals surface area contributed by atoms with Crippen LogP contribution >= 0.6 is 0 Å². The van der Waals surface area contributed by atoms with E-state index in [2.05, 4.69) is 75.9 Å². The van der Waals surface area contributed by atoms with Crippen molar-refractivity contribution in [2.75, 3.05) is 70.8 Å². The number of aliphatic hydroxyl groups is 1. The Morgan fingerprint density at radius 1 is 0.936 bits per heavy atom. The molecule has 0 bridgehead atoms. The van der Waals surface area contributed by atoms with Crippen molar-refractivity contribution in [1.29, 1.82) is 0 Å². The molecule has 4 aromatic heterocycles. The predicted molar refractivity (Wildman–Crippen MR) is 291 cm³/mol. The van der Waals surface area contributed by atoms with E-state index in [0.717, 1.165) is 82.3 Å². The molecule has 0 unspecified atom stereocenters. The summed E-state index contributed by atoms with van der Waals surface area (Å²) in [5.74, 6) is -0.744. The first-order valence-electron chi connectivity index (χ1n) is 26.6. The van der Waals surface area contributed by atoms with Crippen molar-refractivity contribution >= 4 is 44.2 Å². The molecule has 20 nitrogen and oxygen atoms in total. The van der Waals surface area contributed by atoms with Gasteiger partial charge in [-0.05, 0) is 105 Å². The van der Waals surface area contributed by atoms with E-state index < -0.39 is 42.9 Å². The average Bonchev–Trinajstić information content (AvgIpc) is 3.84. The number of aromatic amines is 1. The number of benzene rings is 2. The number of amides is 1. The van der Waals surface area contributed by atoms with Gasteiger partial charge in [0, 0.05) is 100 Å². The number of aromatic nitrogens is 4. The van der Waals surface area contributed by atoms with Gasteiger partial charge in [0.25, 0.3) is 21.8 Å². The second kappa shape index (κ2) is 22.3. The zero-order chi connectivity index (χ0) is 54.9. The van der Waals surface area contributed by atoms with Crippen LogP contribution in [0.15, 0.2) is 84.0 Å². The maximum atomic E-state index is 14.9. The van der Waals surface area contributed by atoms with E-state index in [1.54, 1.807) is 33.3 Å². The van der Waals surface area contributed by atoms with E-state index >= 15 is 0 Å². The van der Waals surface area contributed by atoms with E-state index in [4.69, 9.17) is 18.9 Å². The second-order valence-electron chi connectivity index (χ2n) is 21.5. The van der Waals surface area contributed by atoms with E-state index in [1.165, 1.54) is 30.4 Å². The molecule has 0 radical (unpaired) electrons. The van der Waals surface area contributed by atoms with Gasteiger partial charge in [0.2, 0.25) is 17.6 Å². The lowest BCUT2D eigenvalue weighted by Gasteiger charge is -2.58. The van der Waals surface area contributed by atoms with Crippen molar-refractivity contribution in [1.82, 2.24) is 34.5 Å². The van der Waals surface area contributed by atoms with Crippen LogP contribution in [0.5, 0.6) is 29.1 Å². The molecule has 10 rings (SSSR count). The number of nitrogens with one attached hydrogen (secondary N) is 3. The quantitative estimate of drug-likeness (QED) is 0.0465. The van der Waals surface area contributed by atoms with Crippen LogP contribution in [0.25, 0.3) is 11.0 Å². The summed E-state index contributed by atoms with van der Waals surface area (Å²) >= 11 is 0. The molecular weight excluding hydrogens is 1020 g/mol. The highest BCUT2D eigenvalue weighted by atomic mass is 32.2. The van der Waals surface area contributed by atoms with Crippen LogP contribution < -0.4 is 33.9 Å². The van der Waals surface area contributed by atoms with Crippen LogP contribution in [0.1, 0.15) is 98.3 Å². The van der Waals surface area contributed by atoms with E-state index in [-0.39, 0.29) is 57.2 Å². The minimum Gasteiger partial charge on any atom is -0.481 e. The summed E-state index contributed by atoms with van der Waals surface area (Å²) in [6.45, 7) is 9.22. The summed E-state index contributed by atoms with van der Waals surface area (Å²) < 4.78 is 67.6. The van der Waals surface area contributed by atoms with Gasteiger partial charge in [0.05, 0.1) is 49.0 Å². The van der Waals surface area contributed by atoms with Gasteiger partial charge in [-0.2, -0.15) is 9.97 Å². The molecule has 2 saturated heterocycles. The molecule has 6 heterocycles. The number of hydrogen-bond donors (Lipinski definition) is 4. The Bertz CT molecular complexity index is 3270. The fourth-order valence-electron chi connectivity index (χ4n) is 11.9. The number of aryl methyl sites for hydroxylation is 1. The Hall–Kier alpha value is -7.14. The van der Waals surface area contributed by atoms with Gasteiger partial charge < -0.3 is 39.3 Å². The number of nitrogens with zero attached hydrogens (tertiary/aromatic N) is 7. The van der Waals surface area contributed by atoms with Crippen molar-refractivity contribution in [3.05, 3.63) is 117 Å².